The Labute approximate surface area is 213 Å². The van der Waals surface area contributed by atoms with Gasteiger partial charge in [0.05, 0.1) is 0 Å². The molecule has 0 saturated carbocycles. The SMILES string of the molecule is Cc1ccccc1-c1nnc(-c2ccc(C(=O)NN3C(=O)NC(C)(CCc4ccccc4)C3=O)cc2)o1. The summed E-state index contributed by atoms with van der Waals surface area (Å²) in [6, 6.07) is 23.2. The zero-order chi connectivity index (χ0) is 26.0. The maximum absolute atomic E-state index is 13.0. The second-order valence-electron chi connectivity index (χ2n) is 9.13. The molecule has 0 aliphatic carbocycles. The second kappa shape index (κ2) is 9.69. The number of rotatable bonds is 7. The highest BCUT2D eigenvalue weighted by Crippen LogP contribution is 2.26. The number of hydrogen-bond donors (Lipinski definition) is 2. The molecular formula is C28H25N5O4. The van der Waals surface area contributed by atoms with Crippen LogP contribution in [0.3, 0.4) is 0 Å². The lowest BCUT2D eigenvalue weighted by atomic mass is 9.93. The summed E-state index contributed by atoms with van der Waals surface area (Å²) in [5.41, 5.74) is 5.12. The van der Waals surface area contributed by atoms with Gasteiger partial charge < -0.3 is 9.73 Å². The van der Waals surface area contributed by atoms with Crippen LogP contribution in [0.4, 0.5) is 4.79 Å². The smallest absolute Gasteiger partial charge is 0.344 e. The summed E-state index contributed by atoms with van der Waals surface area (Å²) in [4.78, 5) is 38.3. The molecule has 1 aliphatic rings. The van der Waals surface area contributed by atoms with Gasteiger partial charge >= 0.3 is 6.03 Å². The lowest BCUT2D eigenvalue weighted by Gasteiger charge is -2.21. The Morgan fingerprint density at radius 3 is 2.35 bits per heavy atom. The minimum absolute atomic E-state index is 0.265. The number of carbonyl (C=O) groups excluding carboxylic acids is 3. The average molecular weight is 496 g/mol. The number of hydrogen-bond acceptors (Lipinski definition) is 6. The third kappa shape index (κ3) is 4.84. The molecule has 1 atom stereocenters. The zero-order valence-corrected chi connectivity index (χ0v) is 20.4. The molecule has 4 amide bonds. The van der Waals surface area contributed by atoms with Gasteiger partial charge in [0.25, 0.3) is 11.8 Å². The maximum Gasteiger partial charge on any atom is 0.344 e. The molecule has 2 heterocycles. The van der Waals surface area contributed by atoms with E-state index < -0.39 is 23.4 Å². The van der Waals surface area contributed by atoms with Crippen LogP contribution < -0.4 is 10.7 Å². The van der Waals surface area contributed by atoms with Gasteiger partial charge in [-0.1, -0.05) is 48.5 Å². The molecule has 0 spiro atoms. The number of aromatic nitrogens is 2. The van der Waals surface area contributed by atoms with Gasteiger partial charge in [-0.25, -0.2) is 4.79 Å². The van der Waals surface area contributed by atoms with Crippen molar-refractivity contribution < 1.29 is 18.8 Å². The Morgan fingerprint density at radius 1 is 0.946 bits per heavy atom. The molecule has 2 N–H and O–H groups in total. The van der Waals surface area contributed by atoms with E-state index in [1.54, 1.807) is 31.2 Å². The minimum Gasteiger partial charge on any atom is -0.416 e. The molecule has 9 heteroatoms. The molecule has 1 aromatic heterocycles. The van der Waals surface area contributed by atoms with Gasteiger partial charge in [0, 0.05) is 16.7 Å². The number of amides is 4. The normalized spacial score (nSPS) is 17.1. The van der Waals surface area contributed by atoms with E-state index in [0.29, 0.717) is 30.2 Å². The highest BCUT2D eigenvalue weighted by Gasteiger charge is 2.48. The van der Waals surface area contributed by atoms with Crippen molar-refractivity contribution in [2.75, 3.05) is 0 Å². The van der Waals surface area contributed by atoms with Crippen LogP contribution in [0.15, 0.2) is 83.3 Å². The summed E-state index contributed by atoms with van der Waals surface area (Å²) < 4.78 is 5.82. The Hall–Kier alpha value is -4.79. The summed E-state index contributed by atoms with van der Waals surface area (Å²) in [6.45, 7) is 3.62. The van der Waals surface area contributed by atoms with Crippen LogP contribution >= 0.6 is 0 Å². The minimum atomic E-state index is -1.11. The first-order chi connectivity index (χ1) is 17.8. The monoisotopic (exact) mass is 495 g/mol. The second-order valence-corrected chi connectivity index (χ2v) is 9.13. The first-order valence-corrected chi connectivity index (χ1v) is 11.9. The van der Waals surface area contributed by atoms with Crippen LogP contribution in [0, 0.1) is 6.92 Å². The van der Waals surface area contributed by atoms with E-state index in [-0.39, 0.29) is 5.56 Å². The Bertz CT molecular complexity index is 1470. The van der Waals surface area contributed by atoms with Crippen molar-refractivity contribution in [3.8, 4) is 22.9 Å². The fourth-order valence-electron chi connectivity index (χ4n) is 4.19. The molecule has 1 aliphatic heterocycles. The fraction of sp³-hybridized carbons (Fsp3) is 0.179. The largest absolute Gasteiger partial charge is 0.416 e. The Balaban J connectivity index is 1.24. The van der Waals surface area contributed by atoms with Crippen molar-refractivity contribution in [1.82, 2.24) is 25.9 Å². The van der Waals surface area contributed by atoms with Gasteiger partial charge in [0.2, 0.25) is 11.8 Å². The third-order valence-corrected chi connectivity index (χ3v) is 6.43. The number of nitrogens with one attached hydrogen (secondary N) is 2. The molecule has 1 fully saturated rings. The molecule has 0 radical (unpaired) electrons. The lowest BCUT2D eigenvalue weighted by molar-refractivity contribution is -0.132. The van der Waals surface area contributed by atoms with Crippen LogP contribution in [0.5, 0.6) is 0 Å². The number of aryl methyl sites for hydroxylation is 2. The van der Waals surface area contributed by atoms with Crippen molar-refractivity contribution in [2.45, 2.75) is 32.2 Å². The van der Waals surface area contributed by atoms with Gasteiger partial charge in [-0.2, -0.15) is 5.01 Å². The third-order valence-electron chi connectivity index (χ3n) is 6.43. The zero-order valence-electron chi connectivity index (χ0n) is 20.4. The topological polar surface area (TPSA) is 117 Å². The van der Waals surface area contributed by atoms with Crippen molar-refractivity contribution in [3.05, 3.63) is 95.6 Å². The number of hydrazine groups is 1. The molecular weight excluding hydrogens is 470 g/mol. The van der Waals surface area contributed by atoms with E-state index in [0.717, 1.165) is 21.7 Å². The van der Waals surface area contributed by atoms with Crippen molar-refractivity contribution >= 4 is 17.8 Å². The van der Waals surface area contributed by atoms with E-state index in [2.05, 4.69) is 20.9 Å². The molecule has 186 valence electrons. The number of imide groups is 1. The number of urea groups is 1. The van der Waals surface area contributed by atoms with Crippen LogP contribution in [-0.4, -0.2) is 38.6 Å². The highest BCUT2D eigenvalue weighted by atomic mass is 16.4. The van der Waals surface area contributed by atoms with Gasteiger partial charge in [0.15, 0.2) is 0 Å². The molecule has 37 heavy (non-hydrogen) atoms. The van der Waals surface area contributed by atoms with Crippen molar-refractivity contribution in [3.63, 3.8) is 0 Å². The van der Waals surface area contributed by atoms with E-state index in [9.17, 15) is 14.4 Å². The molecule has 3 aromatic carbocycles. The van der Waals surface area contributed by atoms with Crippen molar-refractivity contribution in [1.29, 1.82) is 0 Å². The predicted octanol–water partition coefficient (Wildman–Crippen LogP) is 4.30. The first-order valence-electron chi connectivity index (χ1n) is 11.9. The summed E-state index contributed by atoms with van der Waals surface area (Å²) in [5.74, 6) is -0.376. The average Bonchev–Trinajstić information content (AvgIpc) is 3.48. The predicted molar refractivity (Wildman–Crippen MR) is 136 cm³/mol. The first kappa shape index (κ1) is 23.9. The van der Waals surface area contributed by atoms with Crippen LogP contribution in [0.2, 0.25) is 0 Å². The Morgan fingerprint density at radius 2 is 1.62 bits per heavy atom. The summed E-state index contributed by atoms with van der Waals surface area (Å²) in [7, 11) is 0. The van der Waals surface area contributed by atoms with E-state index >= 15 is 0 Å². The summed E-state index contributed by atoms with van der Waals surface area (Å²) >= 11 is 0. The van der Waals surface area contributed by atoms with Gasteiger partial charge in [-0.3, -0.25) is 15.0 Å². The van der Waals surface area contributed by atoms with E-state index in [1.807, 2.05) is 61.5 Å². The molecule has 5 rings (SSSR count). The number of nitrogens with zero attached hydrogens (tertiary/aromatic N) is 3. The van der Waals surface area contributed by atoms with E-state index in [4.69, 9.17) is 4.42 Å². The summed E-state index contributed by atoms with van der Waals surface area (Å²) in [6.07, 6.45) is 1.01. The quantitative estimate of drug-likeness (QED) is 0.369. The summed E-state index contributed by atoms with van der Waals surface area (Å²) in [5, 5.41) is 11.7. The Kier molecular flexibility index (Phi) is 6.27. The van der Waals surface area contributed by atoms with Crippen LogP contribution in [0.25, 0.3) is 22.9 Å². The molecule has 9 nitrogen and oxygen atoms in total. The lowest BCUT2D eigenvalue weighted by Crippen LogP contribution is -2.48. The molecule has 0 bridgehead atoms. The molecule has 1 unspecified atom stereocenters. The number of carbonyl (C=O) groups is 3. The van der Waals surface area contributed by atoms with Crippen molar-refractivity contribution in [2.24, 2.45) is 0 Å². The standard InChI is InChI=1S/C28H25N5O4/c1-18-8-6-7-11-22(18)25-31-30-24(37-25)21-14-12-20(13-15-21)23(34)32-33-26(35)28(2,29-27(33)36)17-16-19-9-4-3-5-10-19/h3-15H,16-17H2,1-2H3,(H,29,36)(H,32,34). The molecule has 4 aromatic rings. The highest BCUT2D eigenvalue weighted by molar-refractivity contribution is 6.09. The van der Waals surface area contributed by atoms with E-state index in [1.165, 1.54) is 0 Å². The number of benzene rings is 3. The van der Waals surface area contributed by atoms with Gasteiger partial charge in [0.1, 0.15) is 5.54 Å². The van der Waals surface area contributed by atoms with Gasteiger partial charge in [-0.05, 0) is 68.1 Å². The van der Waals surface area contributed by atoms with Crippen LogP contribution in [0.1, 0.15) is 34.8 Å². The van der Waals surface area contributed by atoms with Crippen LogP contribution in [-0.2, 0) is 11.2 Å². The van der Waals surface area contributed by atoms with Gasteiger partial charge in [-0.15, -0.1) is 10.2 Å². The maximum atomic E-state index is 13.0. The fourth-order valence-corrected chi connectivity index (χ4v) is 4.19. The molecule has 1 saturated heterocycles.